The zero-order chi connectivity index (χ0) is 25.8. The van der Waals surface area contributed by atoms with Crippen molar-refractivity contribution < 1.29 is 23.9 Å². The summed E-state index contributed by atoms with van der Waals surface area (Å²) in [6.45, 7) is 17.3. The van der Waals surface area contributed by atoms with E-state index in [0.29, 0.717) is 11.1 Å². The van der Waals surface area contributed by atoms with Gasteiger partial charge in [-0.2, -0.15) is 0 Å². The first-order chi connectivity index (χ1) is 15.6. The Morgan fingerprint density at radius 2 is 1.24 bits per heavy atom. The molecule has 0 fully saturated rings. The van der Waals surface area contributed by atoms with E-state index in [1.807, 2.05) is 80.5 Å². The van der Waals surface area contributed by atoms with Gasteiger partial charge in [0.15, 0.2) is 0 Å². The summed E-state index contributed by atoms with van der Waals surface area (Å²) in [6, 6.07) is 12.6. The average Bonchev–Trinajstić information content (AvgIpc) is 2.70. The second-order valence-electron chi connectivity index (χ2n) is 11.2. The second kappa shape index (κ2) is 10.5. The molecular formula is C29H38O5. The average molecular weight is 467 g/mol. The van der Waals surface area contributed by atoms with Crippen LogP contribution in [-0.2, 0) is 14.3 Å². The fourth-order valence-corrected chi connectivity index (χ4v) is 3.95. The van der Waals surface area contributed by atoms with Gasteiger partial charge in [0, 0.05) is 12.0 Å². The minimum atomic E-state index is -0.892. The van der Waals surface area contributed by atoms with Gasteiger partial charge < -0.3 is 9.47 Å². The molecule has 0 aromatic heterocycles. The number of benzene rings is 2. The third-order valence-electron chi connectivity index (χ3n) is 5.96. The number of hydrogen-bond acceptors (Lipinski definition) is 5. The molecule has 0 saturated heterocycles. The van der Waals surface area contributed by atoms with Crippen molar-refractivity contribution in [1.82, 2.24) is 0 Å². The Bertz CT molecular complexity index is 1020. The smallest absolute Gasteiger partial charge is 0.379 e. The van der Waals surface area contributed by atoms with E-state index in [1.165, 1.54) is 0 Å². The predicted molar refractivity (Wildman–Crippen MR) is 134 cm³/mol. The van der Waals surface area contributed by atoms with E-state index >= 15 is 0 Å². The van der Waals surface area contributed by atoms with Gasteiger partial charge in [0.05, 0.1) is 5.56 Å². The van der Waals surface area contributed by atoms with Gasteiger partial charge in [0.25, 0.3) is 5.78 Å². The van der Waals surface area contributed by atoms with Crippen LogP contribution in [0.15, 0.2) is 42.5 Å². The molecule has 2 atom stereocenters. The molecule has 0 saturated carbocycles. The quantitative estimate of drug-likeness (QED) is 0.268. The summed E-state index contributed by atoms with van der Waals surface area (Å²) < 4.78 is 11.7. The molecule has 0 aliphatic carbocycles. The molecule has 5 nitrogen and oxygen atoms in total. The molecule has 0 spiro atoms. The van der Waals surface area contributed by atoms with Gasteiger partial charge in [0.2, 0.25) is 0 Å². The lowest BCUT2D eigenvalue weighted by atomic mass is 9.79. The highest BCUT2D eigenvalue weighted by Gasteiger charge is 2.38. The molecule has 0 bridgehead atoms. The summed E-state index contributed by atoms with van der Waals surface area (Å²) in [5.74, 6) is -1.98. The predicted octanol–water partition coefficient (Wildman–Crippen LogP) is 6.41. The number of hydrogen-bond donors (Lipinski definition) is 0. The van der Waals surface area contributed by atoms with Gasteiger partial charge in [-0.05, 0) is 54.9 Å². The lowest BCUT2D eigenvalue weighted by Gasteiger charge is -2.37. The molecule has 0 amide bonds. The standard InChI is InChI=1S/C29H38O5/c1-18-15-19(2)24(20(3)16-18)25(30)27(32)34-23(29(7,8)9)17-22(28(4,5)6)33-26(31)21-13-11-10-12-14-21/h10-16,22-23H,17H2,1-9H3. The number of esters is 2. The van der Waals surface area contributed by atoms with Crippen molar-refractivity contribution in [3.05, 3.63) is 70.3 Å². The van der Waals surface area contributed by atoms with Crippen molar-refractivity contribution in [1.29, 1.82) is 0 Å². The lowest BCUT2D eigenvalue weighted by Crippen LogP contribution is -2.42. The van der Waals surface area contributed by atoms with Crippen LogP contribution in [0.3, 0.4) is 0 Å². The Balaban J connectivity index is 2.27. The first kappa shape index (κ1) is 27.3. The highest BCUT2D eigenvalue weighted by atomic mass is 16.6. The fraction of sp³-hybridized carbons (Fsp3) is 0.483. The maximum absolute atomic E-state index is 13.0. The highest BCUT2D eigenvalue weighted by Crippen LogP contribution is 2.34. The topological polar surface area (TPSA) is 69.7 Å². The van der Waals surface area contributed by atoms with Crippen LogP contribution < -0.4 is 0 Å². The zero-order valence-corrected chi connectivity index (χ0v) is 21.9. The number of aryl methyl sites for hydroxylation is 3. The maximum Gasteiger partial charge on any atom is 0.379 e. The summed E-state index contributed by atoms with van der Waals surface area (Å²) in [7, 11) is 0. The molecule has 0 radical (unpaired) electrons. The summed E-state index contributed by atoms with van der Waals surface area (Å²) in [5, 5.41) is 0. The molecular weight excluding hydrogens is 428 g/mol. The van der Waals surface area contributed by atoms with Crippen LogP contribution >= 0.6 is 0 Å². The molecule has 2 unspecified atom stereocenters. The van der Waals surface area contributed by atoms with E-state index in [0.717, 1.165) is 16.7 Å². The van der Waals surface area contributed by atoms with Gasteiger partial charge in [-0.3, -0.25) is 4.79 Å². The number of carbonyl (C=O) groups is 3. The Hall–Kier alpha value is -2.95. The van der Waals surface area contributed by atoms with Crippen LogP contribution in [0.1, 0.15) is 85.4 Å². The lowest BCUT2D eigenvalue weighted by molar-refractivity contribution is -0.152. The van der Waals surface area contributed by atoms with Crippen molar-refractivity contribution in [2.75, 3.05) is 0 Å². The SMILES string of the molecule is Cc1cc(C)c(C(=O)C(=O)OC(CC(OC(=O)c2ccccc2)C(C)(C)C)C(C)(C)C)c(C)c1. The van der Waals surface area contributed by atoms with Crippen LogP contribution in [0.4, 0.5) is 0 Å². The second-order valence-corrected chi connectivity index (χ2v) is 11.2. The Morgan fingerprint density at radius 3 is 1.71 bits per heavy atom. The van der Waals surface area contributed by atoms with E-state index in [4.69, 9.17) is 9.47 Å². The molecule has 34 heavy (non-hydrogen) atoms. The normalized spacial score (nSPS) is 13.7. The first-order valence-electron chi connectivity index (χ1n) is 11.7. The van der Waals surface area contributed by atoms with E-state index in [-0.39, 0.29) is 6.42 Å². The van der Waals surface area contributed by atoms with Crippen molar-refractivity contribution in [2.24, 2.45) is 10.8 Å². The fourth-order valence-electron chi connectivity index (χ4n) is 3.95. The Morgan fingerprint density at radius 1 is 0.765 bits per heavy atom. The van der Waals surface area contributed by atoms with E-state index in [2.05, 4.69) is 0 Å². The van der Waals surface area contributed by atoms with Crippen LogP contribution in [0.5, 0.6) is 0 Å². The van der Waals surface area contributed by atoms with Crippen LogP contribution in [0.2, 0.25) is 0 Å². The monoisotopic (exact) mass is 466 g/mol. The van der Waals surface area contributed by atoms with E-state index in [1.54, 1.807) is 24.3 Å². The summed E-state index contributed by atoms with van der Waals surface area (Å²) in [4.78, 5) is 38.8. The number of carbonyl (C=O) groups excluding carboxylic acids is 3. The largest absolute Gasteiger partial charge is 0.458 e. The van der Waals surface area contributed by atoms with Crippen LogP contribution in [0.25, 0.3) is 0 Å². The van der Waals surface area contributed by atoms with Gasteiger partial charge in [0.1, 0.15) is 12.2 Å². The summed E-state index contributed by atoms with van der Waals surface area (Å²) in [5.41, 5.74) is 2.48. The molecule has 2 aromatic carbocycles. The van der Waals surface area contributed by atoms with E-state index < -0.39 is 40.8 Å². The minimum Gasteiger partial charge on any atom is -0.458 e. The van der Waals surface area contributed by atoms with Gasteiger partial charge in [-0.1, -0.05) is 77.4 Å². The molecule has 0 N–H and O–H groups in total. The Labute approximate surface area is 203 Å². The Kier molecular flexibility index (Phi) is 8.46. The minimum absolute atomic E-state index is 0.274. The van der Waals surface area contributed by atoms with Gasteiger partial charge >= 0.3 is 11.9 Å². The molecule has 2 rings (SSSR count). The van der Waals surface area contributed by atoms with Gasteiger partial charge in [-0.25, -0.2) is 9.59 Å². The highest BCUT2D eigenvalue weighted by molar-refractivity contribution is 6.41. The molecule has 184 valence electrons. The molecule has 0 heterocycles. The first-order valence-corrected chi connectivity index (χ1v) is 11.7. The number of Topliss-reactive ketones (excluding diaryl/α,β-unsaturated/α-hetero) is 1. The molecule has 0 aliphatic heterocycles. The summed E-state index contributed by atoms with van der Waals surface area (Å²) >= 11 is 0. The number of ether oxygens (including phenoxy) is 2. The zero-order valence-electron chi connectivity index (χ0n) is 21.9. The third kappa shape index (κ3) is 7.02. The molecule has 5 heteroatoms. The summed E-state index contributed by atoms with van der Waals surface area (Å²) in [6.07, 6.45) is -0.894. The van der Waals surface area contributed by atoms with Crippen LogP contribution in [0, 0.1) is 31.6 Å². The van der Waals surface area contributed by atoms with Gasteiger partial charge in [-0.15, -0.1) is 0 Å². The molecule has 0 aliphatic rings. The third-order valence-corrected chi connectivity index (χ3v) is 5.96. The van der Waals surface area contributed by atoms with Crippen LogP contribution in [-0.4, -0.2) is 29.9 Å². The number of rotatable bonds is 7. The van der Waals surface area contributed by atoms with Crippen molar-refractivity contribution in [3.63, 3.8) is 0 Å². The van der Waals surface area contributed by atoms with Crippen molar-refractivity contribution in [2.45, 2.75) is 80.9 Å². The number of ketones is 1. The van der Waals surface area contributed by atoms with E-state index in [9.17, 15) is 14.4 Å². The van der Waals surface area contributed by atoms with Crippen molar-refractivity contribution >= 4 is 17.7 Å². The van der Waals surface area contributed by atoms with Crippen molar-refractivity contribution in [3.8, 4) is 0 Å². The molecule has 2 aromatic rings. The maximum atomic E-state index is 13.0.